The summed E-state index contributed by atoms with van der Waals surface area (Å²) >= 11 is 1.41. The van der Waals surface area contributed by atoms with Gasteiger partial charge in [-0.05, 0) is 74.4 Å². The number of ether oxygens (including phenoxy) is 3. The largest absolute Gasteiger partial charge is 0.493 e. The minimum atomic E-state index is -0.443. The molecule has 0 aromatic heterocycles. The molecule has 2 fully saturated rings. The highest BCUT2D eigenvalue weighted by Gasteiger charge is 2.38. The topological polar surface area (TPSA) is 77.4 Å². The number of aliphatic imine (C=N–C) groups is 1. The van der Waals surface area contributed by atoms with E-state index in [-0.39, 0.29) is 18.6 Å². The highest BCUT2D eigenvalue weighted by molar-refractivity contribution is 8.18. The molecular weight excluding hydrogens is 476 g/mol. The van der Waals surface area contributed by atoms with Gasteiger partial charge in [0.1, 0.15) is 0 Å². The van der Waals surface area contributed by atoms with E-state index in [2.05, 4.69) is 0 Å². The van der Waals surface area contributed by atoms with Crippen LogP contribution in [0.1, 0.15) is 50.2 Å². The summed E-state index contributed by atoms with van der Waals surface area (Å²) in [5, 5.41) is 0.725. The first kappa shape index (κ1) is 25.8. The van der Waals surface area contributed by atoms with Crippen molar-refractivity contribution in [2.45, 2.75) is 52.0 Å². The molecule has 190 valence electrons. The summed E-state index contributed by atoms with van der Waals surface area (Å²) in [6.07, 6.45) is 7.31. The van der Waals surface area contributed by atoms with Crippen molar-refractivity contribution in [2.24, 2.45) is 4.99 Å². The van der Waals surface area contributed by atoms with E-state index in [4.69, 9.17) is 19.2 Å². The summed E-state index contributed by atoms with van der Waals surface area (Å²) in [6.45, 7) is 3.88. The Labute approximate surface area is 216 Å². The Balaban J connectivity index is 1.60. The van der Waals surface area contributed by atoms with E-state index < -0.39 is 5.97 Å². The molecule has 8 heteroatoms. The zero-order valence-electron chi connectivity index (χ0n) is 21.0. The van der Waals surface area contributed by atoms with E-state index in [1.54, 1.807) is 19.1 Å². The lowest BCUT2D eigenvalue weighted by molar-refractivity contribution is -0.145. The number of hydrogen-bond donors (Lipinski definition) is 0. The molecular formula is C28H32N2O5S. The van der Waals surface area contributed by atoms with Crippen LogP contribution in [0.15, 0.2) is 52.4 Å². The number of carbonyl (C=O) groups is 2. The van der Waals surface area contributed by atoms with E-state index in [1.165, 1.54) is 30.9 Å². The Morgan fingerprint density at radius 3 is 2.56 bits per heavy atom. The van der Waals surface area contributed by atoms with Crippen LogP contribution in [-0.4, -0.2) is 48.3 Å². The molecule has 1 heterocycles. The summed E-state index contributed by atoms with van der Waals surface area (Å²) in [5.41, 5.74) is 2.80. The van der Waals surface area contributed by atoms with Crippen molar-refractivity contribution in [1.29, 1.82) is 0 Å². The number of esters is 1. The number of methoxy groups -OCH3 is 1. The molecule has 2 aliphatic rings. The summed E-state index contributed by atoms with van der Waals surface area (Å²) in [7, 11) is 1.54. The number of hydrogen-bond acceptors (Lipinski definition) is 7. The molecule has 1 aliphatic heterocycles. The third-order valence-electron chi connectivity index (χ3n) is 6.17. The van der Waals surface area contributed by atoms with Crippen molar-refractivity contribution in [2.75, 3.05) is 20.3 Å². The Bertz CT molecular complexity index is 1150. The van der Waals surface area contributed by atoms with Crippen LogP contribution in [0.4, 0.5) is 5.69 Å². The van der Waals surface area contributed by atoms with Crippen LogP contribution in [0.3, 0.4) is 0 Å². The van der Waals surface area contributed by atoms with E-state index in [9.17, 15) is 9.59 Å². The molecule has 36 heavy (non-hydrogen) atoms. The third-order valence-corrected chi connectivity index (χ3v) is 7.15. The Morgan fingerprint density at radius 1 is 1.11 bits per heavy atom. The second-order valence-electron chi connectivity index (χ2n) is 8.81. The molecule has 1 amide bonds. The zero-order valence-corrected chi connectivity index (χ0v) is 21.8. The van der Waals surface area contributed by atoms with Crippen LogP contribution in [0.25, 0.3) is 6.08 Å². The maximum absolute atomic E-state index is 13.6. The average Bonchev–Trinajstić information content (AvgIpc) is 3.19. The maximum atomic E-state index is 13.6. The maximum Gasteiger partial charge on any atom is 0.344 e. The molecule has 1 saturated carbocycles. The minimum Gasteiger partial charge on any atom is -0.493 e. The second-order valence-corrected chi connectivity index (χ2v) is 9.82. The fraction of sp³-hybridized carbons (Fsp3) is 0.393. The summed E-state index contributed by atoms with van der Waals surface area (Å²) in [6, 6.07) is 13.5. The minimum absolute atomic E-state index is 0.0145. The van der Waals surface area contributed by atoms with Crippen LogP contribution in [0.2, 0.25) is 0 Å². The smallest absolute Gasteiger partial charge is 0.344 e. The zero-order chi connectivity index (χ0) is 25.5. The number of amides is 1. The van der Waals surface area contributed by atoms with Crippen LogP contribution in [0.5, 0.6) is 11.5 Å². The number of nitrogens with zero attached hydrogens (tertiary/aromatic N) is 2. The number of rotatable bonds is 8. The molecule has 4 rings (SSSR count). The van der Waals surface area contributed by atoms with Crippen LogP contribution in [-0.2, 0) is 14.3 Å². The van der Waals surface area contributed by atoms with Gasteiger partial charge in [0.2, 0.25) is 0 Å². The molecule has 2 aromatic rings. The van der Waals surface area contributed by atoms with Gasteiger partial charge in [0.15, 0.2) is 23.3 Å². The van der Waals surface area contributed by atoms with E-state index >= 15 is 0 Å². The van der Waals surface area contributed by atoms with Gasteiger partial charge in [-0.25, -0.2) is 9.79 Å². The molecule has 0 unspecified atom stereocenters. The molecule has 7 nitrogen and oxygen atoms in total. The predicted molar refractivity (Wildman–Crippen MR) is 143 cm³/mol. The van der Waals surface area contributed by atoms with Gasteiger partial charge in [-0.3, -0.25) is 9.69 Å². The van der Waals surface area contributed by atoms with E-state index in [1.807, 2.05) is 48.2 Å². The highest BCUT2D eigenvalue weighted by Crippen LogP contribution is 2.39. The first-order chi connectivity index (χ1) is 17.5. The van der Waals surface area contributed by atoms with Gasteiger partial charge < -0.3 is 14.2 Å². The highest BCUT2D eigenvalue weighted by atomic mass is 32.2. The standard InChI is InChI=1S/C28H32N2O5S/c1-4-34-26(31)18-35-23-15-12-20(16-24(23)33-3)17-25-27(32)30(22-8-6-5-7-9-22)28(36-25)29-21-13-10-19(2)11-14-21/h10-17,22H,4-9,18H2,1-3H3/b25-17+,29-28?. The molecule has 1 saturated heterocycles. The lowest BCUT2D eigenvalue weighted by atomic mass is 9.94. The quantitative estimate of drug-likeness (QED) is 0.327. The molecule has 2 aromatic carbocycles. The van der Waals surface area contributed by atoms with Gasteiger partial charge in [-0.15, -0.1) is 0 Å². The van der Waals surface area contributed by atoms with Crippen molar-refractivity contribution in [3.05, 3.63) is 58.5 Å². The lowest BCUT2D eigenvalue weighted by Crippen LogP contribution is -2.40. The summed E-state index contributed by atoms with van der Waals surface area (Å²) in [5.74, 6) is 0.451. The SMILES string of the molecule is CCOC(=O)COc1ccc(/C=C2/SC(=Nc3ccc(C)cc3)N(C3CCCCC3)C2=O)cc1OC. The van der Waals surface area contributed by atoms with Crippen molar-refractivity contribution in [3.8, 4) is 11.5 Å². The van der Waals surface area contributed by atoms with Crippen LogP contribution < -0.4 is 9.47 Å². The number of benzene rings is 2. The number of aryl methyl sites for hydroxylation is 1. The first-order valence-corrected chi connectivity index (χ1v) is 13.1. The van der Waals surface area contributed by atoms with E-state index in [0.717, 1.165) is 42.1 Å². The van der Waals surface area contributed by atoms with Gasteiger partial charge >= 0.3 is 5.97 Å². The number of thioether (sulfide) groups is 1. The number of carbonyl (C=O) groups excluding carboxylic acids is 2. The van der Waals surface area contributed by atoms with E-state index in [0.29, 0.717) is 23.0 Å². The lowest BCUT2D eigenvalue weighted by Gasteiger charge is -2.30. The fourth-order valence-corrected chi connectivity index (χ4v) is 5.40. The predicted octanol–water partition coefficient (Wildman–Crippen LogP) is 5.88. The Morgan fingerprint density at radius 2 is 1.86 bits per heavy atom. The molecule has 1 aliphatic carbocycles. The summed E-state index contributed by atoms with van der Waals surface area (Å²) < 4.78 is 15.9. The molecule has 0 spiro atoms. The second kappa shape index (κ2) is 12.1. The van der Waals surface area contributed by atoms with Gasteiger partial charge in [0.05, 0.1) is 24.3 Å². The monoisotopic (exact) mass is 508 g/mol. The van der Waals surface area contributed by atoms with Crippen molar-refractivity contribution in [3.63, 3.8) is 0 Å². The van der Waals surface area contributed by atoms with Gasteiger partial charge in [0.25, 0.3) is 5.91 Å². The van der Waals surface area contributed by atoms with Gasteiger partial charge in [-0.1, -0.05) is 43.0 Å². The Kier molecular flexibility index (Phi) is 8.70. The van der Waals surface area contributed by atoms with Crippen LogP contribution in [0, 0.1) is 6.92 Å². The molecule has 0 radical (unpaired) electrons. The number of amidine groups is 1. The fourth-order valence-electron chi connectivity index (χ4n) is 4.34. The summed E-state index contributed by atoms with van der Waals surface area (Å²) in [4.78, 5) is 32.6. The average molecular weight is 509 g/mol. The molecule has 0 N–H and O–H groups in total. The van der Waals surface area contributed by atoms with Crippen molar-refractivity contribution < 1.29 is 23.8 Å². The molecule has 0 atom stereocenters. The van der Waals surface area contributed by atoms with Crippen molar-refractivity contribution in [1.82, 2.24) is 4.90 Å². The molecule has 0 bridgehead atoms. The van der Waals surface area contributed by atoms with Gasteiger partial charge in [0, 0.05) is 6.04 Å². The van der Waals surface area contributed by atoms with Gasteiger partial charge in [-0.2, -0.15) is 0 Å². The van der Waals surface area contributed by atoms with Crippen molar-refractivity contribution >= 4 is 40.6 Å². The third kappa shape index (κ3) is 6.29. The van der Waals surface area contributed by atoms with Crippen LogP contribution >= 0.6 is 11.8 Å². The normalized spacial score (nSPS) is 18.6. The first-order valence-electron chi connectivity index (χ1n) is 12.3. The Hall–Kier alpha value is -3.26.